The first-order chi connectivity index (χ1) is 10.3. The summed E-state index contributed by atoms with van der Waals surface area (Å²) in [5, 5.41) is 4.18. The summed E-state index contributed by atoms with van der Waals surface area (Å²) < 4.78 is 13.3. The van der Waals surface area contributed by atoms with Crippen molar-refractivity contribution in [3.63, 3.8) is 0 Å². The Bertz CT molecular complexity index is 572. The number of nitrogens with zero attached hydrogens (tertiary/aromatic N) is 3. The van der Waals surface area contributed by atoms with Gasteiger partial charge in [0, 0.05) is 12.4 Å². The van der Waals surface area contributed by atoms with E-state index in [2.05, 4.69) is 17.0 Å². The van der Waals surface area contributed by atoms with Gasteiger partial charge < -0.3 is 9.47 Å². The molecule has 0 saturated carbocycles. The van der Waals surface area contributed by atoms with Crippen LogP contribution in [0.3, 0.4) is 0 Å². The summed E-state index contributed by atoms with van der Waals surface area (Å²) in [7, 11) is 0. The Morgan fingerprint density at radius 3 is 2.76 bits per heavy atom. The van der Waals surface area contributed by atoms with Gasteiger partial charge in [0.05, 0.1) is 6.61 Å². The van der Waals surface area contributed by atoms with Gasteiger partial charge in [-0.15, -0.1) is 11.6 Å². The fourth-order valence-corrected chi connectivity index (χ4v) is 2.13. The molecule has 0 amide bonds. The lowest BCUT2D eigenvalue weighted by atomic mass is 10.2. The Morgan fingerprint density at radius 1 is 1.19 bits per heavy atom. The van der Waals surface area contributed by atoms with Crippen molar-refractivity contribution in [1.82, 2.24) is 14.8 Å². The van der Waals surface area contributed by atoms with Crippen LogP contribution in [0, 0.1) is 0 Å². The van der Waals surface area contributed by atoms with Crippen molar-refractivity contribution in [3.05, 3.63) is 35.9 Å². The van der Waals surface area contributed by atoms with E-state index < -0.39 is 0 Å². The number of halogens is 1. The van der Waals surface area contributed by atoms with Crippen molar-refractivity contribution in [2.24, 2.45) is 0 Å². The lowest BCUT2D eigenvalue weighted by Crippen LogP contribution is -2.09. The Labute approximate surface area is 129 Å². The minimum atomic E-state index is 0.361. The molecule has 114 valence electrons. The number of aryl methyl sites for hydroxylation is 1. The first-order valence-electron chi connectivity index (χ1n) is 7.09. The number of hydrogen-bond donors (Lipinski definition) is 0. The molecular formula is C15H20ClN3O2. The third kappa shape index (κ3) is 4.11. The highest BCUT2D eigenvalue weighted by atomic mass is 35.5. The summed E-state index contributed by atoms with van der Waals surface area (Å²) in [5.41, 5.74) is 1.00. The number of hydrogen-bond acceptors (Lipinski definition) is 4. The first-order valence-corrected chi connectivity index (χ1v) is 7.63. The van der Waals surface area contributed by atoms with Crippen LogP contribution in [0.4, 0.5) is 0 Å². The van der Waals surface area contributed by atoms with Gasteiger partial charge in [0.2, 0.25) is 0 Å². The maximum Gasteiger partial charge on any atom is 0.164 e. The highest BCUT2D eigenvalue weighted by Crippen LogP contribution is 2.29. The van der Waals surface area contributed by atoms with Crippen molar-refractivity contribution in [3.8, 4) is 11.5 Å². The largest absolute Gasteiger partial charge is 0.490 e. The highest BCUT2D eigenvalue weighted by molar-refractivity contribution is 6.17. The van der Waals surface area contributed by atoms with Crippen LogP contribution < -0.4 is 9.47 Å². The molecule has 0 bridgehead atoms. The lowest BCUT2D eigenvalue weighted by molar-refractivity contribution is 0.257. The molecule has 6 heteroatoms. The van der Waals surface area contributed by atoms with E-state index in [-0.39, 0.29) is 0 Å². The molecule has 0 radical (unpaired) electrons. The van der Waals surface area contributed by atoms with Crippen LogP contribution in [0.5, 0.6) is 11.5 Å². The quantitative estimate of drug-likeness (QED) is 0.701. The van der Waals surface area contributed by atoms with Crippen LogP contribution in [-0.4, -0.2) is 21.4 Å². The van der Waals surface area contributed by atoms with Gasteiger partial charge in [0.15, 0.2) is 17.3 Å². The maximum atomic E-state index is 5.85. The summed E-state index contributed by atoms with van der Waals surface area (Å²) in [4.78, 5) is 4.22. The molecule has 2 aromatic rings. The zero-order chi connectivity index (χ0) is 15.1. The monoisotopic (exact) mass is 309 g/mol. The van der Waals surface area contributed by atoms with E-state index in [1.807, 2.05) is 29.8 Å². The van der Waals surface area contributed by atoms with Crippen LogP contribution in [0.15, 0.2) is 24.5 Å². The fourth-order valence-electron chi connectivity index (χ4n) is 1.96. The molecule has 0 unspecified atom stereocenters. The van der Waals surface area contributed by atoms with E-state index in [9.17, 15) is 0 Å². The van der Waals surface area contributed by atoms with Gasteiger partial charge in [0.25, 0.3) is 0 Å². The zero-order valence-electron chi connectivity index (χ0n) is 12.4. The molecule has 0 atom stereocenters. The van der Waals surface area contributed by atoms with E-state index in [4.69, 9.17) is 21.1 Å². The molecular weight excluding hydrogens is 290 g/mol. The summed E-state index contributed by atoms with van der Waals surface area (Å²) >= 11 is 5.85. The van der Waals surface area contributed by atoms with E-state index >= 15 is 0 Å². The van der Waals surface area contributed by atoms with Crippen molar-refractivity contribution in [2.75, 3.05) is 6.61 Å². The average molecular weight is 310 g/mol. The lowest BCUT2D eigenvalue weighted by Gasteiger charge is -2.13. The van der Waals surface area contributed by atoms with Crippen molar-refractivity contribution in [1.29, 1.82) is 0 Å². The molecule has 0 aliphatic heterocycles. The summed E-state index contributed by atoms with van der Waals surface area (Å²) in [5.74, 6) is 2.65. The molecule has 5 nitrogen and oxygen atoms in total. The number of aromatic nitrogens is 3. The van der Waals surface area contributed by atoms with Gasteiger partial charge >= 0.3 is 0 Å². The molecule has 0 spiro atoms. The Hall–Kier alpha value is -1.75. The van der Waals surface area contributed by atoms with Crippen LogP contribution in [-0.2, 0) is 19.0 Å². The zero-order valence-corrected chi connectivity index (χ0v) is 13.1. The first kappa shape index (κ1) is 15.6. The van der Waals surface area contributed by atoms with Gasteiger partial charge in [-0.05, 0) is 31.0 Å². The second-order valence-corrected chi connectivity index (χ2v) is 4.80. The Kier molecular flexibility index (Phi) is 5.87. The number of alkyl halides is 1. The van der Waals surface area contributed by atoms with Gasteiger partial charge in [-0.25, -0.2) is 9.67 Å². The van der Waals surface area contributed by atoms with Crippen molar-refractivity contribution in [2.45, 2.75) is 39.3 Å². The molecule has 21 heavy (non-hydrogen) atoms. The molecule has 2 rings (SSSR count). The maximum absolute atomic E-state index is 5.85. The van der Waals surface area contributed by atoms with E-state index in [1.165, 1.54) is 0 Å². The average Bonchev–Trinajstić information content (AvgIpc) is 2.94. The van der Waals surface area contributed by atoms with Crippen LogP contribution in [0.25, 0.3) is 0 Å². The van der Waals surface area contributed by atoms with Crippen molar-refractivity contribution >= 4 is 11.6 Å². The van der Waals surface area contributed by atoms with Crippen LogP contribution in [0.2, 0.25) is 0 Å². The van der Waals surface area contributed by atoms with Crippen molar-refractivity contribution < 1.29 is 9.47 Å². The summed E-state index contributed by atoms with van der Waals surface area (Å²) in [6.07, 6.45) is 2.55. The number of benzene rings is 1. The molecule has 0 saturated heterocycles. The smallest absolute Gasteiger partial charge is 0.164 e. The second kappa shape index (κ2) is 7.88. The normalized spacial score (nSPS) is 10.6. The molecule has 0 aliphatic carbocycles. The number of rotatable bonds is 8. The van der Waals surface area contributed by atoms with Crippen LogP contribution in [0.1, 0.15) is 31.7 Å². The Morgan fingerprint density at radius 2 is 2.05 bits per heavy atom. The van der Waals surface area contributed by atoms with E-state index in [1.54, 1.807) is 6.33 Å². The molecule has 0 N–H and O–H groups in total. The molecule has 1 heterocycles. The van der Waals surface area contributed by atoms with E-state index in [0.717, 1.165) is 24.4 Å². The molecule has 1 aromatic heterocycles. The Balaban J connectivity index is 2.09. The summed E-state index contributed by atoms with van der Waals surface area (Å²) in [6, 6.07) is 5.72. The SMILES string of the molecule is CCCn1ncnc1COc1ccc(CCl)cc1OCC. The topological polar surface area (TPSA) is 49.2 Å². The van der Waals surface area contributed by atoms with Gasteiger partial charge in [-0.1, -0.05) is 13.0 Å². The van der Waals surface area contributed by atoms with Gasteiger partial charge in [-0.3, -0.25) is 0 Å². The predicted octanol–water partition coefficient (Wildman–Crippen LogP) is 3.40. The van der Waals surface area contributed by atoms with Gasteiger partial charge in [0.1, 0.15) is 12.9 Å². The minimum Gasteiger partial charge on any atom is -0.490 e. The van der Waals surface area contributed by atoms with Gasteiger partial charge in [-0.2, -0.15) is 5.10 Å². The third-order valence-electron chi connectivity index (χ3n) is 2.95. The van der Waals surface area contributed by atoms with Crippen LogP contribution >= 0.6 is 11.6 Å². The fraction of sp³-hybridized carbons (Fsp3) is 0.467. The standard InChI is InChI=1S/C15H20ClN3O2/c1-3-7-19-15(17-11-18-19)10-21-13-6-5-12(9-16)8-14(13)20-4-2/h5-6,8,11H,3-4,7,9-10H2,1-2H3. The molecule has 1 aromatic carbocycles. The molecule has 0 fully saturated rings. The second-order valence-electron chi connectivity index (χ2n) is 4.54. The van der Waals surface area contributed by atoms with E-state index in [0.29, 0.717) is 30.6 Å². The molecule has 0 aliphatic rings. The minimum absolute atomic E-state index is 0.361. The summed E-state index contributed by atoms with van der Waals surface area (Å²) in [6.45, 7) is 5.82. The third-order valence-corrected chi connectivity index (χ3v) is 3.26. The predicted molar refractivity (Wildman–Crippen MR) is 81.8 cm³/mol. The number of ether oxygens (including phenoxy) is 2. The highest BCUT2D eigenvalue weighted by Gasteiger charge is 2.09.